The number of aliphatic hydroxyl groups excluding tert-OH is 4. The molecule has 8 aliphatic heterocycles. The van der Waals surface area contributed by atoms with E-state index in [-0.39, 0.29) is 72.4 Å². The molecule has 8 fully saturated rings. The van der Waals surface area contributed by atoms with Gasteiger partial charge in [-0.2, -0.15) is 46.7 Å². The van der Waals surface area contributed by atoms with Crippen molar-refractivity contribution in [2.24, 2.45) is 47.3 Å². The molecule has 0 unspecified atom stereocenters. The Hall–Kier alpha value is -8.80. The van der Waals surface area contributed by atoms with E-state index < -0.39 is 35.8 Å². The average Bonchev–Trinajstić information content (AvgIpc) is 1.60. The zero-order chi connectivity index (χ0) is 101. The number of carbonyl (C=O) groups is 2. The van der Waals surface area contributed by atoms with E-state index in [0.29, 0.717) is 157 Å². The minimum Gasteiger partial charge on any atom is -0.395 e. The van der Waals surface area contributed by atoms with Crippen LogP contribution in [0.5, 0.6) is 0 Å². The van der Waals surface area contributed by atoms with Gasteiger partial charge in [0.25, 0.3) is 0 Å². The van der Waals surface area contributed by atoms with Crippen molar-refractivity contribution < 1.29 is 56.4 Å². The first-order valence-electron chi connectivity index (χ1n) is 48.3. The van der Waals surface area contributed by atoms with Crippen molar-refractivity contribution >= 4 is 172 Å². The van der Waals surface area contributed by atoms with Crippen molar-refractivity contribution in [1.29, 1.82) is 0 Å². The van der Waals surface area contributed by atoms with E-state index >= 15 is 0 Å². The van der Waals surface area contributed by atoms with E-state index in [4.69, 9.17) is 103 Å². The Morgan fingerprint density at radius 1 is 0.338 bits per heavy atom. The molecule has 16 heterocycles. The molecule has 0 radical (unpaired) electrons. The second kappa shape index (κ2) is 44.9. The highest BCUT2D eigenvalue weighted by Crippen LogP contribution is 2.45. The summed E-state index contributed by atoms with van der Waals surface area (Å²) in [4.78, 5) is 79.1. The minimum absolute atomic E-state index is 0.0635. The minimum atomic E-state index is -4.67. The van der Waals surface area contributed by atoms with Crippen LogP contribution in [0.4, 0.5) is 49.6 Å². The molecule has 4 N–H and O–H groups in total. The van der Waals surface area contributed by atoms with Crippen molar-refractivity contribution in [2.75, 3.05) is 177 Å². The van der Waals surface area contributed by atoms with Crippen LogP contribution in [0.15, 0.2) is 97.6 Å². The summed E-state index contributed by atoms with van der Waals surface area (Å²) in [5, 5.41) is 57.8. The Labute approximate surface area is 857 Å². The molecule has 0 spiro atoms. The number of piperidine rings is 4. The molecule has 760 valence electrons. The first-order valence-corrected chi connectivity index (χ1v) is 51.3. The second-order valence-electron chi connectivity index (χ2n) is 38.6. The lowest BCUT2D eigenvalue weighted by molar-refractivity contribution is -0.141. The number of benzene rings is 4. The SMILES string of the molecule is CC(=O)c1nn([C@H](C)c2ccc(Cl)cc2Cl)c2nc(N3CC([C@@H]4CCCN(CCO)C4)C3)cnc12.CC(=O)c1nn([C@H](C)c2ccc(Cl)cc2Cl)c2nc(N3CC([C@H]4CCCN(CCO)C4)C3)cnc12.C[C@H](c1ccc(Cl)cc1Cl)n1nc(C(F)(F)F)c2ncc(N3CC([C@@H]4CCCN(CCO)C4)C3)nc21.C[C@H](c1ccc(Cl)cc1Cl)n1nc(C(F)(F)F)c2ncc(N3CC([C@H]4CCCN(CCO)C4)C3)nc21. The number of Topliss-reactive ketones (excluding diaryl/α,β-unsaturated/α-hetero) is 2. The van der Waals surface area contributed by atoms with Crippen LogP contribution in [0.3, 0.4) is 0 Å². The molecular weight excluding hydrogens is 2010 g/mol. The number of alkyl halides is 6. The summed E-state index contributed by atoms with van der Waals surface area (Å²) in [6.07, 6.45) is 6.30. The van der Waals surface area contributed by atoms with Gasteiger partial charge in [-0.1, -0.05) is 117 Å². The summed E-state index contributed by atoms with van der Waals surface area (Å²) < 4.78 is 88.7. The number of anilines is 4. The number of likely N-dealkylation sites (tertiary alicyclic amines) is 4. The maximum atomic E-state index is 13.8. The summed E-state index contributed by atoms with van der Waals surface area (Å²) in [5.74, 6) is 6.88. The van der Waals surface area contributed by atoms with Crippen LogP contribution in [-0.4, -0.2) is 288 Å². The molecule has 30 nitrogen and oxygen atoms in total. The molecule has 0 saturated carbocycles. The smallest absolute Gasteiger partial charge is 0.395 e. The van der Waals surface area contributed by atoms with E-state index in [2.05, 4.69) is 79.7 Å². The van der Waals surface area contributed by atoms with Crippen molar-refractivity contribution in [3.8, 4) is 0 Å². The number of hydrogen-bond acceptors (Lipinski definition) is 26. The highest BCUT2D eigenvalue weighted by molar-refractivity contribution is 6.37. The van der Waals surface area contributed by atoms with E-state index in [1.165, 1.54) is 61.3 Å². The second-order valence-corrected chi connectivity index (χ2v) is 42.0. The molecule has 8 saturated heterocycles. The zero-order valence-electron chi connectivity index (χ0n) is 79.4. The number of halogens is 14. The number of β-amino-alcohol motifs (C(OH)–C–C–N with tert-alkyl or cyclic N) is 4. The fourth-order valence-corrected chi connectivity index (χ4v) is 23.6. The Kier molecular flexibility index (Phi) is 33.0. The first-order chi connectivity index (χ1) is 68.0. The van der Waals surface area contributed by atoms with Crippen LogP contribution in [0.25, 0.3) is 44.7 Å². The number of hydrogen-bond donors (Lipinski definition) is 4. The maximum absolute atomic E-state index is 13.8. The fourth-order valence-electron chi connectivity index (χ4n) is 21.3. The van der Waals surface area contributed by atoms with E-state index in [0.717, 1.165) is 166 Å². The predicted octanol–water partition coefficient (Wildman–Crippen LogP) is 18.0. The van der Waals surface area contributed by atoms with Crippen molar-refractivity contribution in [2.45, 2.75) is 129 Å². The number of carbonyl (C=O) groups excluding carboxylic acids is 2. The van der Waals surface area contributed by atoms with Crippen molar-refractivity contribution in [3.05, 3.63) is 183 Å². The molecule has 0 bridgehead atoms. The zero-order valence-corrected chi connectivity index (χ0v) is 85.5. The Balaban J connectivity index is 0.000000130. The monoisotopic (exact) mass is 2120 g/mol. The average molecular weight is 2120 g/mol. The molecule has 8 aromatic heterocycles. The van der Waals surface area contributed by atoms with E-state index in [1.807, 2.05) is 35.8 Å². The molecule has 44 heteroatoms. The third kappa shape index (κ3) is 23.0. The largest absolute Gasteiger partial charge is 0.437 e. The summed E-state index contributed by atoms with van der Waals surface area (Å²) in [5.41, 5.74) is 3.04. The molecule has 0 amide bonds. The lowest BCUT2D eigenvalue weighted by atomic mass is 9.80. The van der Waals surface area contributed by atoms with Crippen LogP contribution in [0, 0.1) is 47.3 Å². The summed E-state index contributed by atoms with van der Waals surface area (Å²) >= 11 is 49.8. The highest BCUT2D eigenvalue weighted by atomic mass is 35.5. The van der Waals surface area contributed by atoms with Gasteiger partial charge in [-0.15, -0.1) is 0 Å². The van der Waals surface area contributed by atoms with Crippen LogP contribution in [0.1, 0.15) is 172 Å². The van der Waals surface area contributed by atoms with Gasteiger partial charge in [0.2, 0.25) is 0 Å². The number of ketones is 2. The van der Waals surface area contributed by atoms with Crippen LogP contribution < -0.4 is 19.6 Å². The molecule has 12 aromatic rings. The number of nitrogens with zero attached hydrogens (tertiary/aromatic N) is 24. The molecule has 8 aliphatic rings. The Morgan fingerprint density at radius 3 is 0.782 bits per heavy atom. The Bertz CT molecular complexity index is 6120. The van der Waals surface area contributed by atoms with Gasteiger partial charge in [0.1, 0.15) is 45.3 Å². The predicted molar refractivity (Wildman–Crippen MR) is 540 cm³/mol. The van der Waals surface area contributed by atoms with Crippen LogP contribution in [0.2, 0.25) is 40.2 Å². The van der Waals surface area contributed by atoms with E-state index in [1.54, 1.807) is 96.3 Å². The molecule has 8 atom stereocenters. The van der Waals surface area contributed by atoms with Gasteiger partial charge in [0, 0.05) is 159 Å². The van der Waals surface area contributed by atoms with Gasteiger partial charge in [-0.3, -0.25) is 9.59 Å². The summed E-state index contributed by atoms with van der Waals surface area (Å²) in [6, 6.07) is 18.7. The lowest BCUT2D eigenvalue weighted by Gasteiger charge is -2.47. The topological polar surface area (TPSA) is 315 Å². The standard InChI is InChI=1S/2C25H30Cl2N6O2.2C24H27Cl2F3N6O/c2*1-15(20-6-5-19(26)10-21(20)27)33-25-24(23(30-33)16(2)35)28-11-22(29-25)32-13-18(14-32)17-4-3-7-31(12-17)8-9-34;2*1-14(18-5-4-17(25)9-19(18)26)35-23-21(22(32-35)24(27,28)29)30-10-20(31-23)34-12-16(13-34)15-3-2-6-33(11-15)7-8-36/h2*5-6,10-11,15,17-18,34H,3-4,7-9,12-14H2,1-2H3;2*4-5,9-10,14-16,36H,2-3,6-8,11-13H2,1H3/t15-,17+;15-,17-;14-,15+;14-,15-/m1111/s1. The summed E-state index contributed by atoms with van der Waals surface area (Å²) in [7, 11) is 0. The normalized spacial score (nSPS) is 20.5. The van der Waals surface area contributed by atoms with Gasteiger partial charge < -0.3 is 59.6 Å². The third-order valence-corrected chi connectivity index (χ3v) is 31.6. The number of aromatic nitrogens is 16. The molecular formula is C98H114Cl8F6N24O6. The van der Waals surface area contributed by atoms with Gasteiger partial charge >= 0.3 is 12.4 Å². The Morgan fingerprint density at radius 2 is 0.563 bits per heavy atom. The molecule has 20 rings (SSSR count). The number of aliphatic hydroxyl groups is 4. The van der Waals surface area contributed by atoms with Gasteiger partial charge in [0.05, 0.1) is 75.4 Å². The third-order valence-electron chi connectivity index (χ3n) is 29.3. The quantitative estimate of drug-likeness (QED) is 0.0289. The van der Waals surface area contributed by atoms with Gasteiger partial charge in [0.15, 0.2) is 56.9 Å². The fraction of sp³-hybridized carbons (Fsp3) is 0.531. The lowest BCUT2D eigenvalue weighted by Crippen LogP contribution is -2.54. The van der Waals surface area contributed by atoms with Crippen molar-refractivity contribution in [3.63, 3.8) is 0 Å². The highest BCUT2D eigenvalue weighted by Gasteiger charge is 2.46. The molecule has 0 aliphatic carbocycles. The summed E-state index contributed by atoms with van der Waals surface area (Å²) in [6.45, 7) is 29.1. The van der Waals surface area contributed by atoms with Gasteiger partial charge in [-0.25, -0.2) is 58.6 Å². The van der Waals surface area contributed by atoms with Gasteiger partial charge in [-0.05, 0) is 223 Å². The number of fused-ring (bicyclic) bond motifs is 4. The first kappa shape index (κ1) is 105. The number of rotatable bonds is 26. The molecule has 4 aromatic carbocycles. The van der Waals surface area contributed by atoms with Crippen LogP contribution >= 0.6 is 92.8 Å². The maximum Gasteiger partial charge on any atom is 0.437 e. The van der Waals surface area contributed by atoms with E-state index in [9.17, 15) is 56.4 Å². The van der Waals surface area contributed by atoms with Crippen molar-refractivity contribution in [1.82, 2.24) is 98.6 Å². The van der Waals surface area contributed by atoms with Crippen LogP contribution in [-0.2, 0) is 12.4 Å². The molecule has 142 heavy (non-hydrogen) atoms.